The Balaban J connectivity index is 0. The third-order valence-electron chi connectivity index (χ3n) is 5.21. The van der Waals surface area contributed by atoms with Crippen molar-refractivity contribution in [3.63, 3.8) is 0 Å². The maximum Gasteiger partial charge on any atom is 4.00 e. The van der Waals surface area contributed by atoms with Gasteiger partial charge in [0.2, 0.25) is 0 Å². The van der Waals surface area contributed by atoms with E-state index in [1.165, 1.54) is 42.4 Å². The van der Waals surface area contributed by atoms with Crippen LogP contribution in [-0.2, 0) is 34.6 Å². The molecule has 0 radical (unpaired) electrons. The average molecular weight is 514 g/mol. The maximum atomic E-state index is 2.43. The number of benzene rings is 2. The van der Waals surface area contributed by atoms with Crippen LogP contribution in [0, 0.1) is 13.8 Å². The summed E-state index contributed by atoms with van der Waals surface area (Å²) in [5, 5.41) is 3.22. The molecule has 0 spiro atoms. The number of hydrogen-bond acceptors (Lipinski definition) is 0. The van der Waals surface area contributed by atoms with Gasteiger partial charge < -0.3 is 37.2 Å². The van der Waals surface area contributed by atoms with Crippen molar-refractivity contribution in [2.75, 3.05) is 0 Å². The number of unbranched alkanes of at least 4 members (excludes halogenated alkanes) is 2. The van der Waals surface area contributed by atoms with Crippen molar-refractivity contribution >= 4 is 19.9 Å². The maximum absolute atomic E-state index is 2.43. The van der Waals surface area contributed by atoms with Crippen molar-refractivity contribution in [2.45, 2.75) is 52.9 Å². The van der Waals surface area contributed by atoms with Crippen LogP contribution in [0.4, 0.5) is 0 Å². The van der Waals surface area contributed by atoms with Crippen LogP contribution in [0.2, 0.25) is 0 Å². The molecule has 0 saturated heterocycles. The van der Waals surface area contributed by atoms with E-state index >= 15 is 0 Å². The Morgan fingerprint density at radius 3 is 2.07 bits per heavy atom. The fourth-order valence-electron chi connectivity index (χ4n) is 3.99. The molecule has 0 aliphatic carbocycles. The first kappa shape index (κ1) is 31.8. The minimum absolute atomic E-state index is 0. The van der Waals surface area contributed by atoms with Gasteiger partial charge in [0.25, 0.3) is 0 Å². The van der Waals surface area contributed by atoms with Crippen molar-refractivity contribution in [3.05, 3.63) is 88.5 Å². The molecule has 0 amide bonds. The van der Waals surface area contributed by atoms with Crippen LogP contribution in [0.3, 0.4) is 0 Å². The molecule has 0 bridgehead atoms. The van der Waals surface area contributed by atoms with E-state index in [1.807, 2.05) is 0 Å². The first-order valence-corrected chi connectivity index (χ1v) is 11.4. The van der Waals surface area contributed by atoms with Crippen LogP contribution >= 0.6 is 0 Å². The molecule has 0 fully saturated rings. The summed E-state index contributed by atoms with van der Waals surface area (Å²) >= 11 is 0. The van der Waals surface area contributed by atoms with Crippen LogP contribution in [-0.4, -0.2) is 9.52 Å². The Labute approximate surface area is 218 Å². The van der Waals surface area contributed by atoms with E-state index in [4.69, 9.17) is 0 Å². The largest absolute Gasteiger partial charge is 4.00 e. The van der Waals surface area contributed by atoms with Gasteiger partial charge in [-0.15, -0.1) is 0 Å². The number of hydrogen-bond donors (Lipinski definition) is 0. The smallest absolute Gasteiger partial charge is 1.00 e. The van der Waals surface area contributed by atoms with Gasteiger partial charge in [-0.3, -0.25) is 0 Å². The summed E-state index contributed by atoms with van der Waals surface area (Å²) in [6.07, 6.45) is 6.26. The summed E-state index contributed by atoms with van der Waals surface area (Å²) in [6.45, 7) is 6.72. The average Bonchev–Trinajstić information content (AvgIpc) is 2.97. The minimum Gasteiger partial charge on any atom is -1.00 e. The Hall–Kier alpha value is -0.409. The fraction of sp³-hybridized carbons (Fsp3) is 0.320. The Morgan fingerprint density at radius 1 is 0.833 bits per heavy atom. The molecule has 160 valence electrons. The van der Waals surface area contributed by atoms with Crippen LogP contribution in [0.15, 0.2) is 60.7 Å². The topological polar surface area (TPSA) is 0 Å². The monoisotopic (exact) mass is 512 g/mol. The van der Waals surface area contributed by atoms with Gasteiger partial charge in [0.1, 0.15) is 0 Å². The third-order valence-corrected chi connectivity index (χ3v) is 7.07. The van der Waals surface area contributed by atoms with Gasteiger partial charge >= 0.3 is 21.7 Å². The molecular formula is C25H31Cl3SiTi. The zero-order chi connectivity index (χ0) is 18.4. The number of rotatable bonds is 8. The molecule has 0 aliphatic heterocycles. The van der Waals surface area contributed by atoms with E-state index in [2.05, 4.69) is 81.4 Å². The third kappa shape index (κ3) is 9.39. The van der Waals surface area contributed by atoms with Gasteiger partial charge in [-0.1, -0.05) is 97.5 Å². The fourth-order valence-corrected chi connectivity index (χ4v) is 6.08. The van der Waals surface area contributed by atoms with Gasteiger partial charge in [0.15, 0.2) is 0 Å². The normalized spacial score (nSPS) is 9.97. The summed E-state index contributed by atoms with van der Waals surface area (Å²) in [5.74, 6) is 0. The molecule has 3 aromatic carbocycles. The van der Waals surface area contributed by atoms with E-state index in [0.29, 0.717) is 0 Å². The van der Waals surface area contributed by atoms with Gasteiger partial charge in [0.05, 0.1) is 0 Å². The van der Waals surface area contributed by atoms with Crippen molar-refractivity contribution in [2.24, 2.45) is 0 Å². The number of aryl methyl sites for hydroxylation is 3. The molecule has 0 heterocycles. The van der Waals surface area contributed by atoms with E-state index in [0.717, 1.165) is 6.42 Å². The predicted molar refractivity (Wildman–Crippen MR) is 118 cm³/mol. The molecule has 0 unspecified atom stereocenters. The van der Waals surface area contributed by atoms with Gasteiger partial charge in [-0.25, -0.2) is 6.07 Å². The molecule has 0 aliphatic rings. The van der Waals surface area contributed by atoms with E-state index in [-0.39, 0.29) is 58.9 Å². The van der Waals surface area contributed by atoms with Gasteiger partial charge in [-0.05, 0) is 25.8 Å². The molecule has 0 N–H and O–H groups in total. The van der Waals surface area contributed by atoms with Crippen LogP contribution in [0.25, 0.3) is 0 Å². The van der Waals surface area contributed by atoms with Crippen LogP contribution < -0.4 is 47.6 Å². The summed E-state index contributed by atoms with van der Waals surface area (Å²) in [4.78, 5) is 0. The van der Waals surface area contributed by atoms with Crippen molar-refractivity contribution in [1.29, 1.82) is 0 Å². The van der Waals surface area contributed by atoms with Crippen LogP contribution in [0.1, 0.15) is 54.0 Å². The zero-order valence-corrected chi connectivity index (χ0v) is 23.4. The Bertz CT molecular complexity index is 827. The first-order valence-electron chi connectivity index (χ1n) is 10.0. The van der Waals surface area contributed by atoms with E-state index < -0.39 is 9.52 Å². The first-order chi connectivity index (χ1) is 12.7. The summed E-state index contributed by atoms with van der Waals surface area (Å²) in [6, 6.07) is 22.9. The van der Waals surface area contributed by atoms with Crippen molar-refractivity contribution in [1.82, 2.24) is 0 Å². The molecule has 5 heteroatoms. The van der Waals surface area contributed by atoms with Gasteiger partial charge in [0, 0.05) is 9.52 Å². The summed E-state index contributed by atoms with van der Waals surface area (Å²) in [7, 11) is -0.429. The second-order valence-electron chi connectivity index (χ2n) is 7.65. The molecule has 0 atom stereocenters. The standard InChI is InChI=1S/C25H31Si.3ClH.Ti/c1-4-5-7-12-22-13-14-25(24(22)18-21-10-8-6-9-11-21)26-23-16-19(2)15-20(3)17-23;;;;/h6,8-11,13-17H,4-5,7,12,18,26H2,1-3H3;3*1H;/q-1;;;;+4/p-3. The second-order valence-corrected chi connectivity index (χ2v) is 9.59. The van der Waals surface area contributed by atoms with Crippen LogP contribution in [0.5, 0.6) is 0 Å². The Morgan fingerprint density at radius 2 is 1.47 bits per heavy atom. The van der Waals surface area contributed by atoms with Crippen molar-refractivity contribution in [3.8, 4) is 0 Å². The van der Waals surface area contributed by atoms with E-state index in [9.17, 15) is 0 Å². The quantitative estimate of drug-likeness (QED) is 0.162. The molecule has 0 saturated carbocycles. The molecule has 30 heavy (non-hydrogen) atoms. The Kier molecular flexibility index (Phi) is 17.2. The van der Waals surface area contributed by atoms with Crippen molar-refractivity contribution < 1.29 is 58.9 Å². The van der Waals surface area contributed by atoms with E-state index in [1.54, 1.807) is 21.5 Å². The second kappa shape index (κ2) is 16.3. The molecule has 0 nitrogen and oxygen atoms in total. The molecule has 3 aromatic rings. The van der Waals surface area contributed by atoms with Gasteiger partial charge in [-0.2, -0.15) is 22.4 Å². The SMILES string of the molecule is CCCCC[c-]1ccc([SiH2]c2cc(C)cc(C)c2)c1Cc1ccccc1.[Cl-].[Cl-].[Cl-].[Ti+4]. The summed E-state index contributed by atoms with van der Waals surface area (Å²) < 4.78 is 0. The summed E-state index contributed by atoms with van der Waals surface area (Å²) in [5.41, 5.74) is 7.44. The predicted octanol–water partition coefficient (Wildman–Crippen LogP) is -4.53. The minimum atomic E-state index is -0.429. The molecule has 0 aromatic heterocycles. The number of halogens is 3. The molecule has 3 rings (SSSR count). The zero-order valence-electron chi connectivity index (χ0n) is 18.2. The molecular weight excluding hydrogens is 483 g/mol.